The van der Waals surface area contributed by atoms with Crippen molar-refractivity contribution >= 4 is 19.8 Å². The standard InChI is InChI=1S/C69H108NO8P/c1-3-5-7-9-11-13-15-17-19-21-23-25-27-29-31-33-35-37-39-41-43-45-47-49-51-53-55-57-59-61-68(71)75-65-67(66-77-79(73,74)76-64-63-70)78-69(72)62-60-58-56-54-52-50-48-46-44-42-40-38-36-34-32-30-28-26-24-22-20-18-16-14-12-10-8-6-4-2/h5-8,11-14,17-20,23-26,29-32,35-38,41-44,48,50,67H,3-4,9-10,15-16,21-22,27-28,33-34,39-40,45-47,49,51-66,70H2,1-2H3,(H,73,74)/b7-5-,8-6-,13-11-,14-12-,19-17-,20-18-,25-23-,26-24-,31-29-,32-30-,37-35-,38-36-,43-41-,44-42-,50-48-. The van der Waals surface area contributed by atoms with Gasteiger partial charge in [-0.3, -0.25) is 18.6 Å². The van der Waals surface area contributed by atoms with Gasteiger partial charge in [0.1, 0.15) is 6.61 Å². The van der Waals surface area contributed by atoms with Crippen LogP contribution in [-0.4, -0.2) is 49.3 Å². The Balaban J connectivity index is 4.13. The molecule has 0 heterocycles. The van der Waals surface area contributed by atoms with E-state index in [-0.39, 0.29) is 32.6 Å². The van der Waals surface area contributed by atoms with E-state index in [0.717, 1.165) is 148 Å². The van der Waals surface area contributed by atoms with Crippen LogP contribution in [0.25, 0.3) is 0 Å². The molecule has 2 unspecified atom stereocenters. The molecule has 0 aromatic heterocycles. The van der Waals surface area contributed by atoms with Crippen molar-refractivity contribution in [1.29, 1.82) is 0 Å². The maximum atomic E-state index is 12.7. The number of rotatable bonds is 54. The zero-order valence-corrected chi connectivity index (χ0v) is 50.2. The summed E-state index contributed by atoms with van der Waals surface area (Å²) in [5.41, 5.74) is 5.38. The van der Waals surface area contributed by atoms with Crippen LogP contribution in [0.5, 0.6) is 0 Å². The summed E-state index contributed by atoms with van der Waals surface area (Å²) in [4.78, 5) is 35.2. The summed E-state index contributed by atoms with van der Waals surface area (Å²) in [5, 5.41) is 0. The predicted octanol–water partition coefficient (Wildman–Crippen LogP) is 19.6. The van der Waals surface area contributed by atoms with Gasteiger partial charge < -0.3 is 20.1 Å². The van der Waals surface area contributed by atoms with Gasteiger partial charge in [0.15, 0.2) is 6.10 Å². The maximum absolute atomic E-state index is 12.7. The third-order valence-electron chi connectivity index (χ3n) is 11.8. The Hall–Kier alpha value is -4.89. The van der Waals surface area contributed by atoms with E-state index in [1.165, 1.54) is 19.3 Å². The summed E-state index contributed by atoms with van der Waals surface area (Å²) in [6.07, 6.45) is 93.7. The first-order chi connectivity index (χ1) is 38.8. The number of phosphoric ester groups is 1. The molecule has 0 rings (SSSR count). The molecule has 0 aromatic carbocycles. The number of unbranched alkanes of at least 4 members (excludes halogenated alkanes) is 11. The summed E-state index contributed by atoms with van der Waals surface area (Å²) in [6, 6.07) is 0. The van der Waals surface area contributed by atoms with Gasteiger partial charge in [-0.1, -0.05) is 241 Å². The highest BCUT2D eigenvalue weighted by molar-refractivity contribution is 7.47. The second-order valence-electron chi connectivity index (χ2n) is 19.1. The van der Waals surface area contributed by atoms with E-state index in [9.17, 15) is 19.0 Å². The molecule has 0 saturated heterocycles. The fraction of sp³-hybridized carbons (Fsp3) is 0.536. The lowest BCUT2D eigenvalue weighted by molar-refractivity contribution is -0.161. The summed E-state index contributed by atoms with van der Waals surface area (Å²) in [7, 11) is -4.42. The van der Waals surface area contributed by atoms with Crippen LogP contribution in [0, 0.1) is 0 Å². The Bertz CT molecular complexity index is 1940. The number of carbonyl (C=O) groups excluding carboxylic acids is 2. The lowest BCUT2D eigenvalue weighted by Crippen LogP contribution is -2.29. The second kappa shape index (κ2) is 62.3. The second-order valence-corrected chi connectivity index (χ2v) is 20.6. The molecule has 0 aliphatic rings. The Morgan fingerprint density at radius 1 is 0.380 bits per heavy atom. The smallest absolute Gasteiger partial charge is 0.462 e. The Morgan fingerprint density at radius 3 is 0.975 bits per heavy atom. The van der Waals surface area contributed by atoms with E-state index < -0.39 is 32.5 Å². The maximum Gasteiger partial charge on any atom is 0.472 e. The van der Waals surface area contributed by atoms with E-state index in [1.807, 2.05) is 0 Å². The van der Waals surface area contributed by atoms with Crippen molar-refractivity contribution < 1.29 is 37.6 Å². The van der Waals surface area contributed by atoms with E-state index in [1.54, 1.807) is 0 Å². The van der Waals surface area contributed by atoms with E-state index >= 15 is 0 Å². The Morgan fingerprint density at radius 2 is 0.658 bits per heavy atom. The molecular formula is C69H108NO8P. The molecule has 0 fully saturated rings. The van der Waals surface area contributed by atoms with E-state index in [2.05, 4.69) is 196 Å². The fourth-order valence-electron chi connectivity index (χ4n) is 7.39. The average Bonchev–Trinajstić information content (AvgIpc) is 3.44. The molecule has 0 saturated carbocycles. The zero-order valence-electron chi connectivity index (χ0n) is 49.3. The summed E-state index contributed by atoms with van der Waals surface area (Å²) >= 11 is 0. The highest BCUT2D eigenvalue weighted by atomic mass is 31.2. The molecular weight excluding hydrogens is 1000 g/mol. The number of allylic oxidation sites excluding steroid dienone is 30. The van der Waals surface area contributed by atoms with Gasteiger partial charge in [0, 0.05) is 19.4 Å². The quantitative estimate of drug-likeness (QED) is 0.0264. The van der Waals surface area contributed by atoms with Gasteiger partial charge in [-0.05, 0) is 135 Å². The number of phosphoric acid groups is 1. The molecule has 0 amide bonds. The Labute approximate surface area is 482 Å². The molecule has 9 nitrogen and oxygen atoms in total. The summed E-state index contributed by atoms with van der Waals surface area (Å²) in [5.74, 6) is -0.887. The lowest BCUT2D eigenvalue weighted by Gasteiger charge is -2.19. The Kier molecular flexibility index (Phi) is 58.5. The minimum Gasteiger partial charge on any atom is -0.462 e. The highest BCUT2D eigenvalue weighted by Gasteiger charge is 2.26. The van der Waals surface area contributed by atoms with Gasteiger partial charge >= 0.3 is 19.8 Å². The number of nitrogens with two attached hydrogens (primary N) is 1. The largest absolute Gasteiger partial charge is 0.472 e. The minimum atomic E-state index is -4.42. The fourth-order valence-corrected chi connectivity index (χ4v) is 8.16. The molecule has 0 spiro atoms. The molecule has 79 heavy (non-hydrogen) atoms. The monoisotopic (exact) mass is 1110 g/mol. The van der Waals surface area contributed by atoms with Gasteiger partial charge in [-0.15, -0.1) is 0 Å². The summed E-state index contributed by atoms with van der Waals surface area (Å²) < 4.78 is 33.0. The van der Waals surface area contributed by atoms with E-state index in [0.29, 0.717) is 12.8 Å². The molecule has 0 radical (unpaired) electrons. The number of ether oxygens (including phenoxy) is 2. The van der Waals surface area contributed by atoms with Gasteiger partial charge in [-0.2, -0.15) is 0 Å². The van der Waals surface area contributed by atoms with Gasteiger partial charge in [0.2, 0.25) is 0 Å². The first-order valence-corrected chi connectivity index (χ1v) is 31.8. The topological polar surface area (TPSA) is 134 Å². The first-order valence-electron chi connectivity index (χ1n) is 30.3. The molecule has 0 aromatic rings. The number of esters is 2. The third kappa shape index (κ3) is 62.2. The van der Waals surface area contributed by atoms with Crippen molar-refractivity contribution in [3.05, 3.63) is 182 Å². The minimum absolute atomic E-state index is 0.0360. The summed E-state index contributed by atoms with van der Waals surface area (Å²) in [6.45, 7) is 3.44. The van der Waals surface area contributed by atoms with Crippen molar-refractivity contribution in [2.75, 3.05) is 26.4 Å². The molecule has 0 aliphatic carbocycles. The van der Waals surface area contributed by atoms with Crippen LogP contribution in [0.3, 0.4) is 0 Å². The first kappa shape index (κ1) is 74.1. The average molecular weight is 1110 g/mol. The molecule has 2 atom stereocenters. The SMILES string of the molecule is CC/C=C\C/C=C\C/C=C\C/C=C\C/C=C\C/C=C\C/C=C\C/C=C\CCCCCCC(=O)OC(COC(=O)CCCCCCCCC/C=C\C/C=C\C/C=C\C/C=C\C/C=C\C/C=C\C/C=C\CC)COP(=O)(O)OCCN. The molecule has 0 bridgehead atoms. The van der Waals surface area contributed by atoms with Crippen LogP contribution in [0.4, 0.5) is 0 Å². The van der Waals surface area contributed by atoms with Crippen molar-refractivity contribution in [2.45, 2.75) is 213 Å². The number of hydrogen-bond donors (Lipinski definition) is 2. The van der Waals surface area contributed by atoms with Crippen LogP contribution < -0.4 is 5.73 Å². The van der Waals surface area contributed by atoms with Crippen LogP contribution in [-0.2, 0) is 32.7 Å². The molecule has 10 heteroatoms. The van der Waals surface area contributed by atoms with Gasteiger partial charge in [0.05, 0.1) is 13.2 Å². The predicted molar refractivity (Wildman–Crippen MR) is 339 cm³/mol. The van der Waals surface area contributed by atoms with Crippen LogP contribution in [0.15, 0.2) is 182 Å². The molecule has 3 N–H and O–H groups in total. The van der Waals surface area contributed by atoms with Crippen molar-refractivity contribution in [1.82, 2.24) is 0 Å². The number of hydrogen-bond acceptors (Lipinski definition) is 8. The van der Waals surface area contributed by atoms with Crippen LogP contribution in [0.2, 0.25) is 0 Å². The van der Waals surface area contributed by atoms with Crippen molar-refractivity contribution in [3.63, 3.8) is 0 Å². The van der Waals surface area contributed by atoms with E-state index in [4.69, 9.17) is 24.3 Å². The third-order valence-corrected chi connectivity index (χ3v) is 12.8. The number of carbonyl (C=O) groups is 2. The van der Waals surface area contributed by atoms with Crippen LogP contribution in [0.1, 0.15) is 206 Å². The normalized spacial score (nSPS) is 14.3. The van der Waals surface area contributed by atoms with Crippen molar-refractivity contribution in [2.24, 2.45) is 5.73 Å². The lowest BCUT2D eigenvalue weighted by atomic mass is 10.1. The zero-order chi connectivity index (χ0) is 57.3. The molecule has 0 aliphatic heterocycles. The van der Waals surface area contributed by atoms with Crippen LogP contribution >= 0.6 is 7.82 Å². The van der Waals surface area contributed by atoms with Crippen molar-refractivity contribution in [3.8, 4) is 0 Å². The van der Waals surface area contributed by atoms with Gasteiger partial charge in [0.25, 0.3) is 0 Å². The highest BCUT2D eigenvalue weighted by Crippen LogP contribution is 2.43. The van der Waals surface area contributed by atoms with Gasteiger partial charge in [-0.25, -0.2) is 4.57 Å². The molecule has 442 valence electrons.